The Hall–Kier alpha value is -1.80. The molecule has 0 N–H and O–H groups in total. The van der Waals surface area contributed by atoms with Crippen molar-refractivity contribution in [3.63, 3.8) is 0 Å². The molecule has 7 heteroatoms. The average Bonchev–Trinajstić information content (AvgIpc) is 3.31. The number of nitrogens with zero attached hydrogens (tertiary/aromatic N) is 6. The molecule has 0 aromatic carbocycles. The first-order valence-electron chi connectivity index (χ1n) is 10.8. The van der Waals surface area contributed by atoms with Gasteiger partial charge in [-0.15, -0.1) is 0 Å². The zero-order valence-corrected chi connectivity index (χ0v) is 17.3. The van der Waals surface area contributed by atoms with E-state index in [2.05, 4.69) is 38.7 Å². The second kappa shape index (κ2) is 10.7. The molecule has 0 aromatic rings. The van der Waals surface area contributed by atoms with E-state index < -0.39 is 0 Å². The monoisotopic (exact) mass is 386 g/mol. The van der Waals surface area contributed by atoms with Crippen LogP contribution in [0.15, 0.2) is 11.4 Å². The first-order chi connectivity index (χ1) is 13.7. The molecule has 0 unspecified atom stereocenters. The van der Waals surface area contributed by atoms with Crippen molar-refractivity contribution in [2.24, 2.45) is 0 Å². The van der Waals surface area contributed by atoms with Crippen LogP contribution in [0.1, 0.15) is 32.6 Å². The van der Waals surface area contributed by atoms with E-state index in [1.165, 1.54) is 19.4 Å². The summed E-state index contributed by atoms with van der Waals surface area (Å²) in [5, 5.41) is 18.9. The highest BCUT2D eigenvalue weighted by Gasteiger charge is 2.28. The van der Waals surface area contributed by atoms with Crippen LogP contribution in [-0.2, 0) is 4.74 Å². The largest absolute Gasteiger partial charge is 0.379 e. The fourth-order valence-corrected chi connectivity index (χ4v) is 4.63. The maximum Gasteiger partial charge on any atom is 0.169 e. The quantitative estimate of drug-likeness (QED) is 0.585. The smallest absolute Gasteiger partial charge is 0.169 e. The first-order valence-corrected chi connectivity index (χ1v) is 10.8. The standard InChI is InChI=1S/C21H34N6O/c1-19-5-2-7-25(19)8-4-10-27-12-11-26(21(27)20(17-22)18-23)9-3-6-24-13-15-28-16-14-24/h19H,2-16H2,1H3/t19-/m0/s1. The van der Waals surface area contributed by atoms with Crippen LogP contribution in [0.25, 0.3) is 0 Å². The number of nitriles is 2. The Labute approximate surface area is 169 Å². The zero-order valence-electron chi connectivity index (χ0n) is 17.3. The summed E-state index contributed by atoms with van der Waals surface area (Å²) in [4.78, 5) is 9.51. The molecule has 3 saturated heterocycles. The van der Waals surface area contributed by atoms with Crippen LogP contribution in [0.4, 0.5) is 0 Å². The van der Waals surface area contributed by atoms with Gasteiger partial charge in [0.25, 0.3) is 0 Å². The van der Waals surface area contributed by atoms with E-state index in [0.29, 0.717) is 6.04 Å². The molecule has 3 fully saturated rings. The van der Waals surface area contributed by atoms with Crippen molar-refractivity contribution in [2.75, 3.05) is 72.1 Å². The van der Waals surface area contributed by atoms with Gasteiger partial charge in [0.1, 0.15) is 18.0 Å². The van der Waals surface area contributed by atoms with Crippen LogP contribution >= 0.6 is 0 Å². The molecule has 0 aliphatic carbocycles. The van der Waals surface area contributed by atoms with E-state index in [4.69, 9.17) is 4.74 Å². The fourth-order valence-electron chi connectivity index (χ4n) is 4.63. The van der Waals surface area contributed by atoms with E-state index in [-0.39, 0.29) is 5.57 Å². The lowest BCUT2D eigenvalue weighted by Gasteiger charge is -2.29. The molecular formula is C21H34N6O. The topological polar surface area (TPSA) is 69.8 Å². The Morgan fingerprint density at radius 2 is 1.57 bits per heavy atom. The average molecular weight is 387 g/mol. The van der Waals surface area contributed by atoms with Gasteiger partial charge in [-0.1, -0.05) is 0 Å². The molecule has 0 spiro atoms. The highest BCUT2D eigenvalue weighted by Crippen LogP contribution is 2.23. The minimum atomic E-state index is 0.262. The van der Waals surface area contributed by atoms with Crippen molar-refractivity contribution in [3.8, 4) is 12.1 Å². The third kappa shape index (κ3) is 5.38. The van der Waals surface area contributed by atoms with Crippen LogP contribution in [0, 0.1) is 22.7 Å². The summed E-state index contributed by atoms with van der Waals surface area (Å²) in [6, 6.07) is 4.95. The number of hydrogen-bond acceptors (Lipinski definition) is 7. The lowest BCUT2D eigenvalue weighted by atomic mass is 10.2. The summed E-state index contributed by atoms with van der Waals surface area (Å²) >= 11 is 0. The molecule has 0 saturated carbocycles. The number of morpholine rings is 1. The van der Waals surface area contributed by atoms with Gasteiger partial charge in [0.05, 0.1) is 13.2 Å². The number of ether oxygens (including phenoxy) is 1. The molecule has 3 aliphatic heterocycles. The summed E-state index contributed by atoms with van der Waals surface area (Å²) in [6.07, 6.45) is 4.74. The van der Waals surface area contributed by atoms with Gasteiger partial charge in [0, 0.05) is 58.4 Å². The molecule has 3 heterocycles. The summed E-state index contributed by atoms with van der Waals surface area (Å²) in [5.41, 5.74) is 0.262. The van der Waals surface area contributed by atoms with E-state index >= 15 is 0 Å². The molecule has 1 atom stereocenters. The van der Waals surface area contributed by atoms with Crippen molar-refractivity contribution in [3.05, 3.63) is 11.4 Å². The first kappa shape index (κ1) is 20.9. The number of hydrogen-bond donors (Lipinski definition) is 0. The predicted molar refractivity (Wildman–Crippen MR) is 108 cm³/mol. The lowest BCUT2D eigenvalue weighted by molar-refractivity contribution is 0.0366. The van der Waals surface area contributed by atoms with Gasteiger partial charge < -0.3 is 19.4 Å². The minimum absolute atomic E-state index is 0.262. The van der Waals surface area contributed by atoms with Crippen molar-refractivity contribution in [1.29, 1.82) is 10.5 Å². The Morgan fingerprint density at radius 3 is 2.14 bits per heavy atom. The summed E-state index contributed by atoms with van der Waals surface area (Å²) in [7, 11) is 0. The number of likely N-dealkylation sites (tertiary alicyclic amines) is 1. The van der Waals surface area contributed by atoms with Gasteiger partial charge in [0.2, 0.25) is 0 Å². The highest BCUT2D eigenvalue weighted by molar-refractivity contribution is 5.40. The SMILES string of the molecule is C[C@H]1CCCN1CCCN1CCN(CCCN2CCOCC2)C1=C(C#N)C#N. The summed E-state index contributed by atoms with van der Waals surface area (Å²) in [5.74, 6) is 0.862. The van der Waals surface area contributed by atoms with Crippen molar-refractivity contribution >= 4 is 0 Å². The molecule has 7 nitrogen and oxygen atoms in total. The minimum Gasteiger partial charge on any atom is -0.379 e. The predicted octanol–water partition coefficient (Wildman–Crippen LogP) is 1.46. The molecular weight excluding hydrogens is 352 g/mol. The Bertz CT molecular complexity index is 599. The van der Waals surface area contributed by atoms with Crippen LogP contribution in [0.2, 0.25) is 0 Å². The lowest BCUT2D eigenvalue weighted by Crippen LogP contribution is -2.38. The van der Waals surface area contributed by atoms with Gasteiger partial charge in [-0.2, -0.15) is 10.5 Å². The van der Waals surface area contributed by atoms with Gasteiger partial charge in [-0.3, -0.25) is 4.90 Å². The Kier molecular flexibility index (Phi) is 7.97. The third-order valence-electron chi connectivity index (χ3n) is 6.26. The van der Waals surface area contributed by atoms with E-state index in [9.17, 15) is 10.5 Å². The van der Waals surface area contributed by atoms with Crippen molar-refractivity contribution in [2.45, 2.75) is 38.6 Å². The van der Waals surface area contributed by atoms with Gasteiger partial charge >= 0.3 is 0 Å². The maximum atomic E-state index is 9.47. The molecule has 3 rings (SSSR count). The van der Waals surface area contributed by atoms with Crippen molar-refractivity contribution < 1.29 is 4.74 Å². The molecule has 0 bridgehead atoms. The van der Waals surface area contributed by atoms with Crippen LogP contribution in [0.3, 0.4) is 0 Å². The number of allylic oxidation sites excluding steroid dienone is 1. The second-order valence-corrected chi connectivity index (χ2v) is 8.08. The molecule has 154 valence electrons. The zero-order chi connectivity index (χ0) is 19.8. The van der Waals surface area contributed by atoms with E-state index in [0.717, 1.165) is 84.2 Å². The summed E-state index contributed by atoms with van der Waals surface area (Å²) in [6.45, 7) is 13.0. The third-order valence-corrected chi connectivity index (χ3v) is 6.26. The highest BCUT2D eigenvalue weighted by atomic mass is 16.5. The van der Waals surface area contributed by atoms with Crippen LogP contribution < -0.4 is 0 Å². The Morgan fingerprint density at radius 1 is 0.929 bits per heavy atom. The van der Waals surface area contributed by atoms with Gasteiger partial charge in [-0.25, -0.2) is 0 Å². The molecule has 0 amide bonds. The van der Waals surface area contributed by atoms with Gasteiger partial charge in [0.15, 0.2) is 5.57 Å². The Balaban J connectivity index is 1.51. The van der Waals surface area contributed by atoms with Crippen LogP contribution in [-0.4, -0.2) is 97.8 Å². The normalized spacial score (nSPS) is 23.8. The molecule has 3 aliphatic rings. The number of rotatable bonds is 8. The molecule has 0 radical (unpaired) electrons. The van der Waals surface area contributed by atoms with E-state index in [1.54, 1.807) is 0 Å². The van der Waals surface area contributed by atoms with Gasteiger partial charge in [-0.05, 0) is 39.2 Å². The summed E-state index contributed by atoms with van der Waals surface area (Å²) < 4.78 is 5.41. The molecule has 0 aromatic heterocycles. The fraction of sp³-hybridized carbons (Fsp3) is 0.810. The van der Waals surface area contributed by atoms with Crippen LogP contribution in [0.5, 0.6) is 0 Å². The van der Waals surface area contributed by atoms with Crippen molar-refractivity contribution in [1.82, 2.24) is 19.6 Å². The second-order valence-electron chi connectivity index (χ2n) is 8.08. The molecule has 28 heavy (non-hydrogen) atoms. The maximum absolute atomic E-state index is 9.47. The van der Waals surface area contributed by atoms with E-state index in [1.807, 2.05) is 0 Å².